The SMILES string of the molecule is NC(=O)NCC(=O)O[C@@H]1CO[C@@H]2C(O[N+](=O)[O-])CO[C@@H]21. The molecule has 0 bridgehead atoms. The average molecular weight is 291 g/mol. The lowest BCUT2D eigenvalue weighted by Gasteiger charge is -2.16. The Kier molecular flexibility index (Phi) is 4.20. The van der Waals surface area contributed by atoms with Gasteiger partial charge in [0.1, 0.15) is 18.8 Å². The summed E-state index contributed by atoms with van der Waals surface area (Å²) < 4.78 is 15.6. The quantitative estimate of drug-likeness (QED) is 0.333. The number of carbonyl (C=O) groups is 2. The molecule has 2 amide bonds. The highest BCUT2D eigenvalue weighted by Gasteiger charge is 2.51. The molecule has 3 N–H and O–H groups in total. The average Bonchev–Trinajstić information content (AvgIpc) is 2.91. The first-order chi connectivity index (χ1) is 9.47. The van der Waals surface area contributed by atoms with E-state index >= 15 is 0 Å². The number of urea groups is 1. The maximum atomic E-state index is 11.4. The topological polar surface area (TPSA) is 152 Å². The first-order valence-electron chi connectivity index (χ1n) is 5.74. The van der Waals surface area contributed by atoms with Crippen molar-refractivity contribution < 1.29 is 33.7 Å². The van der Waals surface area contributed by atoms with E-state index in [-0.39, 0.29) is 19.8 Å². The largest absolute Gasteiger partial charge is 0.456 e. The highest BCUT2D eigenvalue weighted by molar-refractivity contribution is 5.79. The van der Waals surface area contributed by atoms with Gasteiger partial charge in [-0.05, 0) is 0 Å². The summed E-state index contributed by atoms with van der Waals surface area (Å²) >= 11 is 0. The van der Waals surface area contributed by atoms with Gasteiger partial charge < -0.3 is 30.1 Å². The summed E-state index contributed by atoms with van der Waals surface area (Å²) in [7, 11) is 0. The monoisotopic (exact) mass is 291 g/mol. The Labute approximate surface area is 112 Å². The molecule has 1 unspecified atom stereocenters. The molecule has 11 nitrogen and oxygen atoms in total. The zero-order valence-electron chi connectivity index (χ0n) is 10.2. The van der Waals surface area contributed by atoms with E-state index in [4.69, 9.17) is 19.9 Å². The lowest BCUT2D eigenvalue weighted by atomic mass is 10.1. The van der Waals surface area contributed by atoms with Crippen LogP contribution >= 0.6 is 0 Å². The molecular formula is C9H13N3O8. The van der Waals surface area contributed by atoms with Gasteiger partial charge in [0.25, 0.3) is 5.09 Å². The molecule has 2 heterocycles. The Hall–Kier alpha value is -2.14. The van der Waals surface area contributed by atoms with Gasteiger partial charge in [-0.2, -0.15) is 0 Å². The summed E-state index contributed by atoms with van der Waals surface area (Å²) in [6.45, 7) is -0.364. The second kappa shape index (κ2) is 5.88. The van der Waals surface area contributed by atoms with Gasteiger partial charge in [-0.15, -0.1) is 10.1 Å². The van der Waals surface area contributed by atoms with E-state index in [1.165, 1.54) is 0 Å². The maximum absolute atomic E-state index is 11.4. The third-order valence-corrected chi connectivity index (χ3v) is 2.87. The van der Waals surface area contributed by atoms with Crippen LogP contribution in [0.5, 0.6) is 0 Å². The van der Waals surface area contributed by atoms with E-state index in [1.807, 2.05) is 0 Å². The molecule has 0 saturated carbocycles. The van der Waals surface area contributed by atoms with Crippen LogP contribution in [-0.2, 0) is 23.8 Å². The molecule has 2 fully saturated rings. The summed E-state index contributed by atoms with van der Waals surface area (Å²) in [5.41, 5.74) is 4.81. The number of carbonyl (C=O) groups excluding carboxylic acids is 2. The van der Waals surface area contributed by atoms with Gasteiger partial charge >= 0.3 is 12.0 Å². The van der Waals surface area contributed by atoms with E-state index in [0.717, 1.165) is 0 Å². The van der Waals surface area contributed by atoms with Crippen LogP contribution in [0.25, 0.3) is 0 Å². The minimum atomic E-state index is -0.921. The summed E-state index contributed by atoms with van der Waals surface area (Å²) in [5.74, 6) is -0.708. The predicted octanol–water partition coefficient (Wildman–Crippen LogP) is -2.06. The number of nitrogens with zero attached hydrogens (tertiary/aromatic N) is 1. The normalized spacial score (nSPS) is 31.4. The van der Waals surface area contributed by atoms with E-state index in [0.29, 0.717) is 0 Å². The number of rotatable bonds is 5. The van der Waals surface area contributed by atoms with Crippen molar-refractivity contribution in [2.75, 3.05) is 19.8 Å². The van der Waals surface area contributed by atoms with E-state index in [9.17, 15) is 19.7 Å². The Balaban J connectivity index is 1.83. The van der Waals surface area contributed by atoms with Crippen molar-refractivity contribution in [1.82, 2.24) is 5.32 Å². The number of hydrogen-bond acceptors (Lipinski definition) is 8. The van der Waals surface area contributed by atoms with E-state index in [2.05, 4.69) is 10.2 Å². The smallest absolute Gasteiger partial charge is 0.325 e. The lowest BCUT2D eigenvalue weighted by Crippen LogP contribution is -2.39. The predicted molar refractivity (Wildman–Crippen MR) is 58.8 cm³/mol. The highest BCUT2D eigenvalue weighted by atomic mass is 17.0. The number of fused-ring (bicyclic) bond motifs is 1. The Morgan fingerprint density at radius 1 is 1.30 bits per heavy atom. The van der Waals surface area contributed by atoms with Crippen LogP contribution in [0, 0.1) is 10.1 Å². The standard InChI is InChI=1S/C9H13N3O8/c10-9(14)11-1-6(13)19-4-2-17-8-5(20-12(15)16)3-18-7(4)8/h4-5,7-8H,1-3H2,(H3,10,11,14)/t4-,5?,7-,8-/m1/s1. The fourth-order valence-electron chi connectivity index (χ4n) is 2.10. The molecule has 0 radical (unpaired) electrons. The van der Waals surface area contributed by atoms with E-state index < -0.39 is 41.5 Å². The van der Waals surface area contributed by atoms with Gasteiger partial charge in [0, 0.05) is 0 Å². The minimum absolute atomic E-state index is 0.0239. The van der Waals surface area contributed by atoms with Crippen molar-refractivity contribution in [1.29, 1.82) is 0 Å². The molecule has 0 aromatic carbocycles. The third-order valence-electron chi connectivity index (χ3n) is 2.87. The summed E-state index contributed by atoms with van der Waals surface area (Å²) in [5, 5.41) is 11.4. The lowest BCUT2D eigenvalue weighted by molar-refractivity contribution is -0.769. The number of amides is 2. The highest BCUT2D eigenvalue weighted by Crippen LogP contribution is 2.30. The summed E-state index contributed by atoms with van der Waals surface area (Å²) in [4.78, 5) is 36.6. The molecule has 2 aliphatic rings. The van der Waals surface area contributed by atoms with Gasteiger partial charge in [0.15, 0.2) is 12.2 Å². The number of ether oxygens (including phenoxy) is 3. The van der Waals surface area contributed by atoms with Gasteiger partial charge in [-0.25, -0.2) is 4.79 Å². The van der Waals surface area contributed by atoms with Crippen molar-refractivity contribution in [2.24, 2.45) is 5.73 Å². The Bertz CT molecular complexity index is 416. The summed E-state index contributed by atoms with van der Waals surface area (Å²) in [6, 6.07) is -0.848. The molecule has 0 aliphatic carbocycles. The second-order valence-corrected chi connectivity index (χ2v) is 4.21. The molecule has 2 saturated heterocycles. The fraction of sp³-hybridized carbons (Fsp3) is 0.778. The second-order valence-electron chi connectivity index (χ2n) is 4.21. The first kappa shape index (κ1) is 14.3. The van der Waals surface area contributed by atoms with Crippen LogP contribution in [0.3, 0.4) is 0 Å². The zero-order valence-corrected chi connectivity index (χ0v) is 10.2. The fourth-order valence-corrected chi connectivity index (χ4v) is 2.10. The number of hydrogen-bond donors (Lipinski definition) is 2. The first-order valence-corrected chi connectivity index (χ1v) is 5.74. The minimum Gasteiger partial charge on any atom is -0.456 e. The molecule has 0 aromatic heterocycles. The number of esters is 1. The van der Waals surface area contributed by atoms with Crippen LogP contribution < -0.4 is 11.1 Å². The van der Waals surface area contributed by atoms with Crippen LogP contribution in [-0.4, -0.2) is 61.3 Å². The van der Waals surface area contributed by atoms with E-state index in [1.54, 1.807) is 0 Å². The van der Waals surface area contributed by atoms with Gasteiger partial charge in [0.05, 0.1) is 13.2 Å². The Morgan fingerprint density at radius 2 is 1.90 bits per heavy atom. The van der Waals surface area contributed by atoms with Gasteiger partial charge in [0.2, 0.25) is 0 Å². The van der Waals surface area contributed by atoms with Crippen LogP contribution in [0.15, 0.2) is 0 Å². The molecule has 4 atom stereocenters. The molecule has 0 spiro atoms. The van der Waals surface area contributed by atoms with Crippen molar-refractivity contribution in [3.63, 3.8) is 0 Å². The van der Waals surface area contributed by atoms with Crippen molar-refractivity contribution >= 4 is 12.0 Å². The molecule has 2 rings (SSSR count). The molecule has 2 aliphatic heterocycles. The molecule has 112 valence electrons. The van der Waals surface area contributed by atoms with Crippen molar-refractivity contribution in [2.45, 2.75) is 24.4 Å². The maximum Gasteiger partial charge on any atom is 0.325 e. The number of nitrogens with two attached hydrogens (primary N) is 1. The van der Waals surface area contributed by atoms with Crippen LogP contribution in [0.1, 0.15) is 0 Å². The van der Waals surface area contributed by atoms with Gasteiger partial charge in [-0.3, -0.25) is 4.79 Å². The summed E-state index contributed by atoms with van der Waals surface area (Å²) in [6.07, 6.45) is -2.84. The van der Waals surface area contributed by atoms with Crippen molar-refractivity contribution in [3.05, 3.63) is 10.1 Å². The van der Waals surface area contributed by atoms with Crippen molar-refractivity contribution in [3.8, 4) is 0 Å². The van der Waals surface area contributed by atoms with Crippen LogP contribution in [0.4, 0.5) is 4.79 Å². The Morgan fingerprint density at radius 3 is 2.50 bits per heavy atom. The number of nitrogens with one attached hydrogen (secondary N) is 1. The zero-order chi connectivity index (χ0) is 14.7. The van der Waals surface area contributed by atoms with Gasteiger partial charge in [-0.1, -0.05) is 0 Å². The third kappa shape index (κ3) is 3.24. The molecule has 20 heavy (non-hydrogen) atoms. The molecule has 0 aromatic rings. The number of primary amides is 1. The molecular weight excluding hydrogens is 278 g/mol. The molecule has 11 heteroatoms. The van der Waals surface area contributed by atoms with Crippen LogP contribution in [0.2, 0.25) is 0 Å².